The fourth-order valence-corrected chi connectivity index (χ4v) is 5.36. The van der Waals surface area contributed by atoms with Crippen molar-refractivity contribution in [3.05, 3.63) is 90.0 Å². The maximum atomic E-state index is 13.7. The van der Waals surface area contributed by atoms with Gasteiger partial charge in [-0.3, -0.25) is 13.9 Å². The van der Waals surface area contributed by atoms with Crippen LogP contribution in [0.15, 0.2) is 83.8 Å². The summed E-state index contributed by atoms with van der Waals surface area (Å²) in [5, 5.41) is 2.58. The minimum Gasteiger partial charge on any atom is -0.494 e. The van der Waals surface area contributed by atoms with Crippen molar-refractivity contribution in [3.8, 4) is 5.75 Å². The van der Waals surface area contributed by atoms with Gasteiger partial charge in [0.15, 0.2) is 0 Å². The molecule has 0 fully saturated rings. The Morgan fingerprint density at radius 2 is 1.65 bits per heavy atom. The molecule has 0 unspecified atom stereocenters. The lowest BCUT2D eigenvalue weighted by molar-refractivity contribution is -0.139. The molecule has 1 atom stereocenters. The molecule has 9 heteroatoms. The van der Waals surface area contributed by atoms with Crippen LogP contribution in [0.4, 0.5) is 5.69 Å². The lowest BCUT2D eigenvalue weighted by Gasteiger charge is -2.32. The minimum atomic E-state index is -4.09. The second kappa shape index (κ2) is 12.4. The van der Waals surface area contributed by atoms with Gasteiger partial charge in [0.05, 0.1) is 17.2 Å². The van der Waals surface area contributed by atoms with E-state index < -0.39 is 28.5 Å². The Labute approximate surface area is 218 Å². The van der Waals surface area contributed by atoms with E-state index in [0.717, 1.165) is 15.4 Å². The lowest BCUT2D eigenvalue weighted by atomic mass is 10.1. The van der Waals surface area contributed by atoms with E-state index in [0.29, 0.717) is 18.0 Å². The number of nitrogens with zero attached hydrogens (tertiary/aromatic N) is 2. The lowest BCUT2D eigenvalue weighted by Crippen LogP contribution is -2.50. The van der Waals surface area contributed by atoms with Gasteiger partial charge in [-0.1, -0.05) is 48.0 Å². The third-order valence-electron chi connectivity index (χ3n) is 5.89. The molecule has 0 saturated carbocycles. The van der Waals surface area contributed by atoms with E-state index in [4.69, 9.17) is 4.74 Å². The number of nitrogens with one attached hydrogen (secondary N) is 1. The predicted molar refractivity (Wildman–Crippen MR) is 144 cm³/mol. The summed E-state index contributed by atoms with van der Waals surface area (Å²) in [5.74, 6) is -0.269. The van der Waals surface area contributed by atoms with Crippen molar-refractivity contribution in [3.63, 3.8) is 0 Å². The largest absolute Gasteiger partial charge is 0.494 e. The molecule has 37 heavy (non-hydrogen) atoms. The van der Waals surface area contributed by atoms with Crippen LogP contribution in [-0.4, -0.2) is 51.4 Å². The molecule has 3 aromatic rings. The Bertz CT molecular complexity index is 1310. The monoisotopic (exact) mass is 523 g/mol. The average Bonchev–Trinajstić information content (AvgIpc) is 2.90. The first-order valence-corrected chi connectivity index (χ1v) is 13.5. The van der Waals surface area contributed by atoms with Crippen LogP contribution in [0.1, 0.15) is 25.0 Å². The predicted octanol–water partition coefficient (Wildman–Crippen LogP) is 3.75. The van der Waals surface area contributed by atoms with E-state index in [1.807, 2.05) is 38.1 Å². The number of hydrogen-bond acceptors (Lipinski definition) is 5. The Balaban J connectivity index is 2.01. The fourth-order valence-electron chi connectivity index (χ4n) is 3.92. The summed E-state index contributed by atoms with van der Waals surface area (Å²) in [6.45, 7) is 5.55. The Kier molecular flexibility index (Phi) is 9.30. The van der Waals surface area contributed by atoms with Crippen molar-refractivity contribution in [2.24, 2.45) is 0 Å². The van der Waals surface area contributed by atoms with Crippen LogP contribution in [0, 0.1) is 6.92 Å². The molecule has 3 aromatic carbocycles. The van der Waals surface area contributed by atoms with Crippen LogP contribution < -0.4 is 14.4 Å². The second-order valence-electron chi connectivity index (χ2n) is 8.55. The van der Waals surface area contributed by atoms with Crippen LogP contribution in [0.3, 0.4) is 0 Å². The molecule has 0 aliphatic rings. The minimum absolute atomic E-state index is 0.0567. The van der Waals surface area contributed by atoms with E-state index in [-0.39, 0.29) is 17.3 Å². The van der Waals surface area contributed by atoms with Gasteiger partial charge < -0.3 is 15.0 Å². The molecule has 0 bridgehead atoms. The van der Waals surface area contributed by atoms with Gasteiger partial charge in [-0.05, 0) is 62.7 Å². The molecule has 0 aromatic heterocycles. The van der Waals surface area contributed by atoms with Crippen molar-refractivity contribution >= 4 is 27.5 Å². The summed E-state index contributed by atoms with van der Waals surface area (Å²) < 4.78 is 34.0. The first kappa shape index (κ1) is 27.7. The third kappa shape index (κ3) is 6.89. The van der Waals surface area contributed by atoms with Gasteiger partial charge in [-0.2, -0.15) is 0 Å². The molecule has 1 N–H and O–H groups in total. The number of rotatable bonds is 11. The van der Waals surface area contributed by atoms with Crippen LogP contribution in [0.25, 0.3) is 0 Å². The smallest absolute Gasteiger partial charge is 0.264 e. The highest BCUT2D eigenvalue weighted by Crippen LogP contribution is 2.26. The van der Waals surface area contributed by atoms with E-state index in [1.54, 1.807) is 49.4 Å². The molecule has 0 aliphatic heterocycles. The molecule has 2 amide bonds. The first-order valence-electron chi connectivity index (χ1n) is 12.0. The number of carbonyl (C=O) groups excluding carboxylic acids is 2. The Morgan fingerprint density at radius 3 is 2.24 bits per heavy atom. The first-order chi connectivity index (χ1) is 17.7. The SMILES string of the molecule is CCOc1ccc(N(CC(=O)N(Cc2cccc(C)c2)[C@H](C)C(=O)NC)S(=O)(=O)c2ccccc2)cc1. The molecule has 0 heterocycles. The maximum absolute atomic E-state index is 13.7. The van der Waals surface area contributed by atoms with Crippen LogP contribution in [0.5, 0.6) is 5.75 Å². The summed E-state index contributed by atoms with van der Waals surface area (Å²) in [5.41, 5.74) is 2.16. The molecule has 8 nitrogen and oxygen atoms in total. The van der Waals surface area contributed by atoms with Gasteiger partial charge in [-0.15, -0.1) is 0 Å². The zero-order chi connectivity index (χ0) is 27.0. The van der Waals surface area contributed by atoms with Crippen molar-refractivity contribution in [1.29, 1.82) is 0 Å². The Hall–Kier alpha value is -3.85. The van der Waals surface area contributed by atoms with Crippen LogP contribution in [0.2, 0.25) is 0 Å². The van der Waals surface area contributed by atoms with Crippen molar-refractivity contribution in [2.75, 3.05) is 24.5 Å². The summed E-state index contributed by atoms with van der Waals surface area (Å²) in [6, 6.07) is 21.3. The van der Waals surface area contributed by atoms with Gasteiger partial charge >= 0.3 is 0 Å². The topological polar surface area (TPSA) is 96.0 Å². The zero-order valence-corrected chi connectivity index (χ0v) is 22.4. The second-order valence-corrected chi connectivity index (χ2v) is 10.4. The highest BCUT2D eigenvalue weighted by molar-refractivity contribution is 7.92. The van der Waals surface area contributed by atoms with E-state index in [2.05, 4.69) is 5.32 Å². The van der Waals surface area contributed by atoms with Gasteiger partial charge in [0.1, 0.15) is 18.3 Å². The van der Waals surface area contributed by atoms with Crippen LogP contribution >= 0.6 is 0 Å². The third-order valence-corrected chi connectivity index (χ3v) is 7.68. The van der Waals surface area contributed by atoms with Crippen LogP contribution in [-0.2, 0) is 26.2 Å². The highest BCUT2D eigenvalue weighted by Gasteiger charge is 2.32. The number of hydrogen-bond donors (Lipinski definition) is 1. The molecular formula is C28H33N3O5S. The number of sulfonamides is 1. The quantitative estimate of drug-likeness (QED) is 0.413. The van der Waals surface area contributed by atoms with Crippen molar-refractivity contribution < 1.29 is 22.7 Å². The standard InChI is InChI=1S/C28H33N3O5S/c1-5-36-25-16-14-24(15-17-25)31(37(34,35)26-12-7-6-8-13-26)20-27(32)30(22(3)28(33)29-4)19-23-11-9-10-21(2)18-23/h6-18,22H,5,19-20H2,1-4H3,(H,29,33)/t22-/m1/s1. The summed E-state index contributed by atoms with van der Waals surface area (Å²) in [7, 11) is -2.59. The van der Waals surface area contributed by atoms with Gasteiger partial charge in [-0.25, -0.2) is 8.42 Å². The van der Waals surface area contributed by atoms with E-state index >= 15 is 0 Å². The number of aryl methyl sites for hydroxylation is 1. The number of carbonyl (C=O) groups is 2. The molecule has 196 valence electrons. The molecule has 0 saturated heterocycles. The number of benzene rings is 3. The molecule has 0 aliphatic carbocycles. The molecule has 0 spiro atoms. The van der Waals surface area contributed by atoms with Gasteiger partial charge in [0.25, 0.3) is 10.0 Å². The summed E-state index contributed by atoms with van der Waals surface area (Å²) in [4.78, 5) is 27.7. The van der Waals surface area contributed by atoms with E-state index in [1.165, 1.54) is 24.1 Å². The normalized spacial score (nSPS) is 11.9. The summed E-state index contributed by atoms with van der Waals surface area (Å²) in [6.07, 6.45) is 0. The number of anilines is 1. The maximum Gasteiger partial charge on any atom is 0.264 e. The van der Waals surface area contributed by atoms with Gasteiger partial charge in [0.2, 0.25) is 11.8 Å². The van der Waals surface area contributed by atoms with Crippen molar-refractivity contribution in [1.82, 2.24) is 10.2 Å². The van der Waals surface area contributed by atoms with E-state index in [9.17, 15) is 18.0 Å². The zero-order valence-electron chi connectivity index (χ0n) is 21.5. The van der Waals surface area contributed by atoms with Gasteiger partial charge in [0, 0.05) is 13.6 Å². The Morgan fingerprint density at radius 1 is 0.973 bits per heavy atom. The summed E-state index contributed by atoms with van der Waals surface area (Å²) >= 11 is 0. The number of likely N-dealkylation sites (N-methyl/N-ethyl adjacent to an activating group) is 1. The molecule has 3 rings (SSSR count). The fraction of sp³-hybridized carbons (Fsp3) is 0.286. The molecule has 0 radical (unpaired) electrons. The highest BCUT2D eigenvalue weighted by atomic mass is 32.2. The number of amides is 2. The molecular weight excluding hydrogens is 490 g/mol. The average molecular weight is 524 g/mol. The number of ether oxygens (including phenoxy) is 1. The van der Waals surface area contributed by atoms with Crippen molar-refractivity contribution in [2.45, 2.75) is 38.3 Å².